The topological polar surface area (TPSA) is 64.7 Å². The van der Waals surface area contributed by atoms with E-state index in [4.69, 9.17) is 0 Å². The van der Waals surface area contributed by atoms with Gasteiger partial charge in [0.1, 0.15) is 5.82 Å². The highest BCUT2D eigenvalue weighted by Gasteiger charge is 2.31. The number of anilines is 1. The summed E-state index contributed by atoms with van der Waals surface area (Å²) < 4.78 is 13.0. The third kappa shape index (κ3) is 5.70. The number of halogens is 1. The van der Waals surface area contributed by atoms with Crippen LogP contribution in [0.3, 0.4) is 0 Å². The molecule has 138 valence electrons. The van der Waals surface area contributed by atoms with E-state index in [1.165, 1.54) is 12.1 Å². The maximum atomic E-state index is 13.0. The van der Waals surface area contributed by atoms with Gasteiger partial charge >= 0.3 is 6.03 Å². The van der Waals surface area contributed by atoms with Crippen LogP contribution in [0.1, 0.15) is 26.7 Å². The number of urea groups is 1. The van der Waals surface area contributed by atoms with Crippen LogP contribution in [0, 0.1) is 5.82 Å². The Labute approximate surface area is 148 Å². The summed E-state index contributed by atoms with van der Waals surface area (Å²) in [6.45, 7) is 8.20. The van der Waals surface area contributed by atoms with Crippen molar-refractivity contribution in [2.45, 2.75) is 32.7 Å². The molecule has 0 radical (unpaired) electrons. The zero-order valence-corrected chi connectivity index (χ0v) is 14.9. The fourth-order valence-corrected chi connectivity index (χ4v) is 2.96. The lowest BCUT2D eigenvalue weighted by molar-refractivity contribution is -0.117. The normalized spacial score (nSPS) is 17.2. The molecule has 0 spiro atoms. The molecule has 2 rings (SSSR count). The summed E-state index contributed by atoms with van der Waals surface area (Å²) in [5.41, 5.74) is 0.648. The predicted octanol–water partition coefficient (Wildman–Crippen LogP) is 1.96. The lowest BCUT2D eigenvalue weighted by atomic mass is 10.2. The lowest BCUT2D eigenvalue weighted by Crippen LogP contribution is -2.44. The first-order valence-electron chi connectivity index (χ1n) is 8.86. The zero-order chi connectivity index (χ0) is 18.2. The van der Waals surface area contributed by atoms with Crippen molar-refractivity contribution >= 4 is 17.6 Å². The Bertz CT molecular complexity index is 575. The summed E-state index contributed by atoms with van der Waals surface area (Å²) in [5.74, 6) is -0.410. The van der Waals surface area contributed by atoms with Gasteiger partial charge in [0.2, 0.25) is 5.91 Å². The van der Waals surface area contributed by atoms with Crippen LogP contribution in [-0.4, -0.2) is 55.6 Å². The summed E-state index contributed by atoms with van der Waals surface area (Å²) >= 11 is 0. The van der Waals surface area contributed by atoms with Crippen molar-refractivity contribution in [3.05, 3.63) is 30.1 Å². The monoisotopic (exact) mass is 350 g/mol. The Balaban J connectivity index is 1.73. The fraction of sp³-hybridized carbons (Fsp3) is 0.556. The second-order valence-electron chi connectivity index (χ2n) is 6.16. The lowest BCUT2D eigenvalue weighted by Gasteiger charge is -2.19. The molecule has 0 bridgehead atoms. The van der Waals surface area contributed by atoms with E-state index >= 15 is 0 Å². The average Bonchev–Trinajstić information content (AvgIpc) is 2.96. The van der Waals surface area contributed by atoms with E-state index in [-0.39, 0.29) is 30.2 Å². The van der Waals surface area contributed by atoms with E-state index in [0.29, 0.717) is 18.8 Å². The number of carbonyl (C=O) groups excluding carboxylic acids is 2. The van der Waals surface area contributed by atoms with Crippen LogP contribution in [0.2, 0.25) is 0 Å². The smallest absolute Gasteiger partial charge is 0.315 e. The van der Waals surface area contributed by atoms with Crippen molar-refractivity contribution < 1.29 is 14.0 Å². The second-order valence-corrected chi connectivity index (χ2v) is 6.16. The zero-order valence-electron chi connectivity index (χ0n) is 14.9. The molecule has 1 saturated heterocycles. The molecule has 25 heavy (non-hydrogen) atoms. The largest absolute Gasteiger partial charge is 0.338 e. The molecule has 1 aliphatic rings. The van der Waals surface area contributed by atoms with E-state index < -0.39 is 0 Å². The maximum absolute atomic E-state index is 13.0. The molecule has 1 aromatic carbocycles. The Morgan fingerprint density at radius 2 is 1.96 bits per heavy atom. The van der Waals surface area contributed by atoms with Crippen LogP contribution in [0.5, 0.6) is 0 Å². The van der Waals surface area contributed by atoms with Gasteiger partial charge in [-0.25, -0.2) is 9.18 Å². The Morgan fingerprint density at radius 3 is 2.60 bits per heavy atom. The molecule has 7 heteroatoms. The third-order valence-electron chi connectivity index (χ3n) is 4.43. The number of nitrogens with one attached hydrogen (secondary N) is 2. The third-order valence-corrected chi connectivity index (χ3v) is 4.43. The van der Waals surface area contributed by atoms with Crippen molar-refractivity contribution in [2.75, 3.05) is 37.6 Å². The molecule has 1 aliphatic heterocycles. The predicted molar refractivity (Wildman–Crippen MR) is 96.1 cm³/mol. The summed E-state index contributed by atoms with van der Waals surface area (Å²) in [7, 11) is 0. The Hall–Kier alpha value is -2.15. The van der Waals surface area contributed by atoms with Gasteiger partial charge in [-0.2, -0.15) is 0 Å². The first-order valence-corrected chi connectivity index (χ1v) is 8.86. The van der Waals surface area contributed by atoms with E-state index in [9.17, 15) is 14.0 Å². The SMILES string of the molecule is CCN(CC)CCCNC(=O)N[C@@H]1CC(=O)N(c2ccc(F)cc2)C1. The molecular weight excluding hydrogens is 323 g/mol. The van der Waals surface area contributed by atoms with Gasteiger partial charge in [-0.15, -0.1) is 0 Å². The molecular formula is C18H27FN4O2. The number of amides is 3. The van der Waals surface area contributed by atoms with E-state index in [0.717, 1.165) is 26.1 Å². The highest BCUT2D eigenvalue weighted by molar-refractivity contribution is 5.96. The van der Waals surface area contributed by atoms with Crippen molar-refractivity contribution in [2.24, 2.45) is 0 Å². The van der Waals surface area contributed by atoms with Crippen LogP contribution in [0.4, 0.5) is 14.9 Å². The first-order chi connectivity index (χ1) is 12.0. The van der Waals surface area contributed by atoms with E-state index in [1.807, 2.05) is 0 Å². The maximum Gasteiger partial charge on any atom is 0.315 e. The van der Waals surface area contributed by atoms with Gasteiger partial charge in [-0.1, -0.05) is 13.8 Å². The van der Waals surface area contributed by atoms with Gasteiger partial charge in [0.05, 0.1) is 6.04 Å². The summed E-state index contributed by atoms with van der Waals surface area (Å²) in [4.78, 5) is 27.9. The van der Waals surface area contributed by atoms with Gasteiger partial charge in [-0.05, 0) is 50.3 Å². The van der Waals surface area contributed by atoms with Crippen LogP contribution >= 0.6 is 0 Å². The van der Waals surface area contributed by atoms with Crippen LogP contribution in [0.25, 0.3) is 0 Å². The number of rotatable bonds is 8. The molecule has 0 saturated carbocycles. The highest BCUT2D eigenvalue weighted by Crippen LogP contribution is 2.21. The molecule has 1 heterocycles. The minimum Gasteiger partial charge on any atom is -0.338 e. The standard InChI is InChI=1S/C18H27FN4O2/c1-3-22(4-2)11-5-10-20-18(25)21-15-12-17(24)23(13-15)16-8-6-14(19)7-9-16/h6-9,15H,3-5,10-13H2,1-2H3,(H2,20,21,25)/t15-/m1/s1. The van der Waals surface area contributed by atoms with Gasteiger partial charge in [0.15, 0.2) is 0 Å². The van der Waals surface area contributed by atoms with Crippen LogP contribution in [-0.2, 0) is 4.79 Å². The van der Waals surface area contributed by atoms with Crippen molar-refractivity contribution in [3.8, 4) is 0 Å². The number of hydrogen-bond acceptors (Lipinski definition) is 3. The molecule has 3 amide bonds. The molecule has 0 unspecified atom stereocenters. The van der Waals surface area contributed by atoms with Crippen molar-refractivity contribution in [3.63, 3.8) is 0 Å². The number of carbonyl (C=O) groups is 2. The van der Waals surface area contributed by atoms with E-state index in [2.05, 4.69) is 29.4 Å². The van der Waals surface area contributed by atoms with Gasteiger partial charge < -0.3 is 20.4 Å². The molecule has 0 aliphatic carbocycles. The molecule has 1 aromatic rings. The van der Waals surface area contributed by atoms with Crippen molar-refractivity contribution in [1.29, 1.82) is 0 Å². The Kier molecular flexibility index (Phi) is 7.18. The number of nitrogens with zero attached hydrogens (tertiary/aromatic N) is 2. The molecule has 1 fully saturated rings. The minimum atomic E-state index is -0.339. The molecule has 6 nitrogen and oxygen atoms in total. The number of benzene rings is 1. The summed E-state index contributed by atoms with van der Waals surface area (Å²) in [5, 5.41) is 5.67. The molecule has 2 N–H and O–H groups in total. The van der Waals surface area contributed by atoms with Gasteiger partial charge in [0.25, 0.3) is 0 Å². The van der Waals surface area contributed by atoms with Gasteiger partial charge in [-0.3, -0.25) is 4.79 Å². The summed E-state index contributed by atoms with van der Waals surface area (Å²) in [6.07, 6.45) is 1.14. The fourth-order valence-electron chi connectivity index (χ4n) is 2.96. The van der Waals surface area contributed by atoms with Crippen LogP contribution < -0.4 is 15.5 Å². The summed E-state index contributed by atoms with van der Waals surface area (Å²) in [6, 6.07) is 5.31. The quantitative estimate of drug-likeness (QED) is 0.705. The number of hydrogen-bond donors (Lipinski definition) is 2. The van der Waals surface area contributed by atoms with Crippen molar-refractivity contribution in [1.82, 2.24) is 15.5 Å². The second kappa shape index (κ2) is 9.36. The molecule has 0 aromatic heterocycles. The minimum absolute atomic E-state index is 0.0709. The molecule has 1 atom stereocenters. The average molecular weight is 350 g/mol. The Morgan fingerprint density at radius 1 is 1.28 bits per heavy atom. The first kappa shape index (κ1) is 19.2. The highest BCUT2D eigenvalue weighted by atomic mass is 19.1. The van der Waals surface area contributed by atoms with Gasteiger partial charge in [0, 0.05) is 25.2 Å². The van der Waals surface area contributed by atoms with Crippen LogP contribution in [0.15, 0.2) is 24.3 Å². The van der Waals surface area contributed by atoms with E-state index in [1.54, 1.807) is 17.0 Å².